The molecule has 1 fully saturated rings. The molecule has 0 bridgehead atoms. The van der Waals surface area contributed by atoms with E-state index in [-0.39, 0.29) is 30.0 Å². The quantitative estimate of drug-likeness (QED) is 0.410. The molecule has 0 saturated carbocycles. The first kappa shape index (κ1) is 20.3. The second-order valence-electron chi connectivity index (χ2n) is 7.02. The predicted molar refractivity (Wildman–Crippen MR) is 112 cm³/mol. The molecule has 1 saturated heterocycles. The summed E-state index contributed by atoms with van der Waals surface area (Å²) in [6.45, 7) is 5.79. The fourth-order valence-corrected chi connectivity index (χ4v) is 3.86. The number of hydrogen-bond acceptors (Lipinski definition) is 3. The second kappa shape index (κ2) is 9.62. The van der Waals surface area contributed by atoms with Crippen molar-refractivity contribution in [2.75, 3.05) is 13.2 Å². The van der Waals surface area contributed by atoms with Gasteiger partial charge in [0.2, 0.25) is 0 Å². The van der Waals surface area contributed by atoms with Crippen LogP contribution in [0.5, 0.6) is 5.75 Å². The summed E-state index contributed by atoms with van der Waals surface area (Å²) in [5, 5.41) is 3.35. The SMILES string of the molecule is CC1CC(CCN=C(N)NC2CCOc3ccccc32)CC(C)O1.I. The maximum Gasteiger partial charge on any atom is 0.189 e. The van der Waals surface area contributed by atoms with Crippen molar-refractivity contribution in [3.63, 3.8) is 0 Å². The monoisotopic (exact) mass is 459 g/mol. The van der Waals surface area contributed by atoms with Gasteiger partial charge < -0.3 is 20.5 Å². The molecule has 2 aliphatic rings. The van der Waals surface area contributed by atoms with Crippen molar-refractivity contribution in [3.8, 4) is 5.75 Å². The average Bonchev–Trinajstić information content (AvgIpc) is 2.54. The minimum atomic E-state index is 0. The van der Waals surface area contributed by atoms with Gasteiger partial charge in [0.25, 0.3) is 0 Å². The molecule has 5 nitrogen and oxygen atoms in total. The highest BCUT2D eigenvalue weighted by Gasteiger charge is 2.24. The molecular weight excluding hydrogens is 429 g/mol. The minimum absolute atomic E-state index is 0. The van der Waals surface area contributed by atoms with Gasteiger partial charge in [-0.25, -0.2) is 0 Å². The molecule has 25 heavy (non-hydrogen) atoms. The molecule has 3 rings (SSSR count). The van der Waals surface area contributed by atoms with Crippen LogP contribution >= 0.6 is 24.0 Å². The van der Waals surface area contributed by atoms with E-state index in [1.807, 2.05) is 18.2 Å². The molecule has 1 aromatic rings. The molecule has 3 atom stereocenters. The Bertz CT molecular complexity index is 572. The summed E-state index contributed by atoms with van der Waals surface area (Å²) in [6.07, 6.45) is 4.95. The summed E-state index contributed by atoms with van der Waals surface area (Å²) in [6, 6.07) is 8.30. The standard InChI is InChI=1S/C19H29N3O2.HI/c1-13-11-15(12-14(2)24-13)7-9-21-19(20)22-17-8-10-23-18-6-4-3-5-16(17)18;/h3-6,13-15,17H,7-12H2,1-2H3,(H3,20,21,22);1H. The first-order valence-corrected chi connectivity index (χ1v) is 9.05. The van der Waals surface area contributed by atoms with Crippen molar-refractivity contribution >= 4 is 29.9 Å². The smallest absolute Gasteiger partial charge is 0.189 e. The summed E-state index contributed by atoms with van der Waals surface area (Å²) < 4.78 is 11.5. The van der Waals surface area contributed by atoms with Gasteiger partial charge in [0.05, 0.1) is 24.9 Å². The Morgan fingerprint density at radius 2 is 1.96 bits per heavy atom. The largest absolute Gasteiger partial charge is 0.493 e. The van der Waals surface area contributed by atoms with Crippen LogP contribution in [0.4, 0.5) is 0 Å². The first-order valence-electron chi connectivity index (χ1n) is 9.05. The zero-order chi connectivity index (χ0) is 16.9. The van der Waals surface area contributed by atoms with Crippen LogP contribution in [0.1, 0.15) is 51.1 Å². The van der Waals surface area contributed by atoms with E-state index >= 15 is 0 Å². The van der Waals surface area contributed by atoms with Crippen molar-refractivity contribution in [2.24, 2.45) is 16.6 Å². The first-order chi connectivity index (χ1) is 11.6. The van der Waals surface area contributed by atoms with Crippen molar-refractivity contribution in [1.29, 1.82) is 0 Å². The number of para-hydroxylation sites is 1. The number of benzene rings is 1. The Kier molecular flexibility index (Phi) is 7.81. The normalized spacial score (nSPS) is 29.1. The van der Waals surface area contributed by atoms with Crippen LogP contribution in [-0.2, 0) is 4.74 Å². The van der Waals surface area contributed by atoms with Gasteiger partial charge in [-0.1, -0.05) is 18.2 Å². The number of halogens is 1. The molecule has 0 radical (unpaired) electrons. The summed E-state index contributed by atoms with van der Waals surface area (Å²) in [5.41, 5.74) is 7.27. The molecule has 6 heteroatoms. The molecule has 3 N–H and O–H groups in total. The third kappa shape index (κ3) is 5.74. The number of nitrogens with two attached hydrogens (primary N) is 1. The van der Waals surface area contributed by atoms with E-state index in [4.69, 9.17) is 15.2 Å². The summed E-state index contributed by atoms with van der Waals surface area (Å²) in [4.78, 5) is 4.54. The zero-order valence-corrected chi connectivity index (χ0v) is 17.4. The summed E-state index contributed by atoms with van der Waals surface area (Å²) in [5.74, 6) is 2.16. The highest BCUT2D eigenvalue weighted by molar-refractivity contribution is 14.0. The van der Waals surface area contributed by atoms with Gasteiger partial charge in [0.15, 0.2) is 5.96 Å². The van der Waals surface area contributed by atoms with Crippen molar-refractivity contribution < 1.29 is 9.47 Å². The number of fused-ring (bicyclic) bond motifs is 1. The fraction of sp³-hybridized carbons (Fsp3) is 0.632. The van der Waals surface area contributed by atoms with Gasteiger partial charge in [-0.05, 0) is 45.1 Å². The number of guanidine groups is 1. The molecule has 1 aromatic carbocycles. The maximum absolute atomic E-state index is 6.11. The molecule has 2 aliphatic heterocycles. The van der Waals surface area contributed by atoms with Crippen molar-refractivity contribution in [1.82, 2.24) is 5.32 Å². The lowest BCUT2D eigenvalue weighted by atomic mass is 9.90. The van der Waals surface area contributed by atoms with E-state index in [2.05, 4.69) is 30.2 Å². The Labute approximate surface area is 167 Å². The van der Waals surface area contributed by atoms with Gasteiger partial charge >= 0.3 is 0 Å². The predicted octanol–water partition coefficient (Wildman–Crippen LogP) is 3.63. The molecule has 2 heterocycles. The zero-order valence-electron chi connectivity index (χ0n) is 15.1. The molecule has 140 valence electrons. The number of hydrogen-bond donors (Lipinski definition) is 2. The number of rotatable bonds is 4. The Hall–Kier alpha value is -1.02. The topological polar surface area (TPSA) is 68.9 Å². The molecule has 3 unspecified atom stereocenters. The van der Waals surface area contributed by atoms with Gasteiger partial charge in [-0.3, -0.25) is 4.99 Å². The van der Waals surface area contributed by atoms with E-state index in [1.165, 1.54) is 0 Å². The Morgan fingerprint density at radius 3 is 2.72 bits per heavy atom. The van der Waals surface area contributed by atoms with Crippen molar-refractivity contribution in [3.05, 3.63) is 29.8 Å². The van der Waals surface area contributed by atoms with Gasteiger partial charge in [0.1, 0.15) is 5.75 Å². The molecule has 0 aromatic heterocycles. The third-order valence-electron chi connectivity index (χ3n) is 4.90. The van der Waals surface area contributed by atoms with E-state index < -0.39 is 0 Å². The second-order valence-corrected chi connectivity index (χ2v) is 7.02. The van der Waals surface area contributed by atoms with Crippen LogP contribution in [0, 0.1) is 5.92 Å². The lowest BCUT2D eigenvalue weighted by Crippen LogP contribution is -2.37. The van der Waals surface area contributed by atoms with Crippen LogP contribution in [0.3, 0.4) is 0 Å². The number of ether oxygens (including phenoxy) is 2. The number of nitrogens with one attached hydrogen (secondary N) is 1. The van der Waals surface area contributed by atoms with Crippen LogP contribution in [-0.4, -0.2) is 31.3 Å². The maximum atomic E-state index is 6.11. The van der Waals surface area contributed by atoms with Gasteiger partial charge in [-0.2, -0.15) is 0 Å². The fourth-order valence-electron chi connectivity index (χ4n) is 3.86. The van der Waals surface area contributed by atoms with Crippen LogP contribution in [0.25, 0.3) is 0 Å². The van der Waals surface area contributed by atoms with Crippen molar-refractivity contribution in [2.45, 2.75) is 57.8 Å². The van der Waals surface area contributed by atoms with E-state index in [0.717, 1.165) is 43.5 Å². The molecule has 0 aliphatic carbocycles. The van der Waals surface area contributed by atoms with Gasteiger partial charge in [-0.15, -0.1) is 24.0 Å². The lowest BCUT2D eigenvalue weighted by molar-refractivity contribution is -0.0529. The van der Waals surface area contributed by atoms with Crippen LogP contribution in [0.2, 0.25) is 0 Å². The van der Waals surface area contributed by atoms with Gasteiger partial charge in [0, 0.05) is 18.5 Å². The van der Waals surface area contributed by atoms with Crippen LogP contribution in [0.15, 0.2) is 29.3 Å². The average molecular weight is 459 g/mol. The summed E-state index contributed by atoms with van der Waals surface area (Å²) in [7, 11) is 0. The lowest BCUT2D eigenvalue weighted by Gasteiger charge is -2.31. The highest BCUT2D eigenvalue weighted by Crippen LogP contribution is 2.31. The number of aliphatic imine (C=N–C) groups is 1. The van der Waals surface area contributed by atoms with Crippen LogP contribution < -0.4 is 15.8 Å². The molecular formula is C19H30IN3O2. The summed E-state index contributed by atoms with van der Waals surface area (Å²) >= 11 is 0. The van der Waals surface area contributed by atoms with E-state index in [9.17, 15) is 0 Å². The Morgan fingerprint density at radius 1 is 1.24 bits per heavy atom. The number of nitrogens with zero attached hydrogens (tertiary/aromatic N) is 1. The minimum Gasteiger partial charge on any atom is -0.493 e. The third-order valence-corrected chi connectivity index (χ3v) is 4.90. The molecule has 0 spiro atoms. The Balaban J connectivity index is 0.00000225. The highest BCUT2D eigenvalue weighted by atomic mass is 127. The van der Waals surface area contributed by atoms with E-state index in [1.54, 1.807) is 0 Å². The molecule has 0 amide bonds. The van der Waals surface area contributed by atoms with E-state index in [0.29, 0.717) is 30.7 Å².